The molecular weight excluding hydrogens is 340 g/mol. The number of benzene rings is 3. The quantitative estimate of drug-likeness (QED) is 0.631. The molecule has 0 unspecified atom stereocenters. The maximum atomic E-state index is 10.8. The molecule has 0 amide bonds. The van der Waals surface area contributed by atoms with E-state index in [9.17, 15) is 4.79 Å². The Hall–Kier alpha value is -3.11. The van der Waals surface area contributed by atoms with Gasteiger partial charge in [0.2, 0.25) is 0 Å². The van der Waals surface area contributed by atoms with E-state index in [1.54, 1.807) is 7.11 Å². The van der Waals surface area contributed by atoms with Gasteiger partial charge in [0.25, 0.3) is 0 Å². The first kappa shape index (κ1) is 18.7. The van der Waals surface area contributed by atoms with Gasteiger partial charge in [-0.1, -0.05) is 60.7 Å². The normalized spacial score (nSPS) is 10.6. The Kier molecular flexibility index (Phi) is 6.23. The molecule has 0 atom stereocenters. The summed E-state index contributed by atoms with van der Waals surface area (Å²) in [4.78, 5) is 10.8. The summed E-state index contributed by atoms with van der Waals surface area (Å²) >= 11 is 0. The number of rotatable bonds is 8. The molecule has 0 spiro atoms. The van der Waals surface area contributed by atoms with Crippen LogP contribution in [0.1, 0.15) is 16.7 Å². The molecule has 3 aromatic carbocycles. The standard InChI is InChI=1S/C23H22O4/c1-26-16-20-7-2-3-8-22(20)19-9-11-21(12-10-19)27-15-18-6-4-5-17(13-18)14-23(24)25/h2-13H,14-16H2,1H3,(H,24,25). The van der Waals surface area contributed by atoms with Crippen molar-refractivity contribution in [2.75, 3.05) is 7.11 Å². The number of ether oxygens (including phenoxy) is 2. The Morgan fingerprint density at radius 3 is 2.37 bits per heavy atom. The largest absolute Gasteiger partial charge is 0.489 e. The fourth-order valence-corrected chi connectivity index (χ4v) is 2.98. The monoisotopic (exact) mass is 362 g/mol. The molecular formula is C23H22O4. The molecule has 0 radical (unpaired) electrons. The fraction of sp³-hybridized carbons (Fsp3) is 0.174. The minimum absolute atomic E-state index is 0.0173. The first-order valence-electron chi connectivity index (χ1n) is 8.75. The van der Waals surface area contributed by atoms with Gasteiger partial charge in [0.15, 0.2) is 0 Å². The predicted octanol–water partition coefficient (Wildman–Crippen LogP) is 4.71. The predicted molar refractivity (Wildman–Crippen MR) is 105 cm³/mol. The van der Waals surface area contributed by atoms with Gasteiger partial charge in [0.1, 0.15) is 12.4 Å². The molecule has 4 heteroatoms. The van der Waals surface area contributed by atoms with Crippen molar-refractivity contribution in [1.29, 1.82) is 0 Å². The average Bonchev–Trinajstić information content (AvgIpc) is 2.67. The summed E-state index contributed by atoms with van der Waals surface area (Å²) in [7, 11) is 1.69. The molecule has 0 saturated heterocycles. The summed E-state index contributed by atoms with van der Waals surface area (Å²) in [5.41, 5.74) is 5.12. The van der Waals surface area contributed by atoms with Crippen LogP contribution in [-0.4, -0.2) is 18.2 Å². The summed E-state index contributed by atoms with van der Waals surface area (Å²) < 4.78 is 11.1. The Morgan fingerprint density at radius 1 is 0.889 bits per heavy atom. The first-order chi connectivity index (χ1) is 13.2. The summed E-state index contributed by atoms with van der Waals surface area (Å²) in [6, 6.07) is 23.6. The molecule has 4 nitrogen and oxygen atoms in total. The lowest BCUT2D eigenvalue weighted by Crippen LogP contribution is -2.01. The molecule has 3 aromatic rings. The first-order valence-corrected chi connectivity index (χ1v) is 8.75. The zero-order valence-corrected chi connectivity index (χ0v) is 15.2. The summed E-state index contributed by atoms with van der Waals surface area (Å²) in [6.07, 6.45) is 0.0173. The van der Waals surface area contributed by atoms with Gasteiger partial charge in [-0.25, -0.2) is 0 Å². The van der Waals surface area contributed by atoms with Crippen LogP contribution in [0, 0.1) is 0 Å². The fourth-order valence-electron chi connectivity index (χ4n) is 2.98. The van der Waals surface area contributed by atoms with E-state index in [0.29, 0.717) is 13.2 Å². The van der Waals surface area contributed by atoms with Crippen LogP contribution in [0.15, 0.2) is 72.8 Å². The molecule has 0 saturated carbocycles. The van der Waals surface area contributed by atoms with Crippen LogP contribution >= 0.6 is 0 Å². The van der Waals surface area contributed by atoms with Gasteiger partial charge in [0, 0.05) is 7.11 Å². The number of carboxylic acids is 1. The number of hydrogen-bond donors (Lipinski definition) is 1. The van der Waals surface area contributed by atoms with E-state index in [1.807, 2.05) is 60.7 Å². The maximum absolute atomic E-state index is 10.8. The van der Waals surface area contributed by atoms with Gasteiger partial charge in [-0.2, -0.15) is 0 Å². The summed E-state index contributed by atoms with van der Waals surface area (Å²) in [6.45, 7) is 0.966. The zero-order valence-electron chi connectivity index (χ0n) is 15.2. The highest BCUT2D eigenvalue weighted by Gasteiger charge is 2.06. The lowest BCUT2D eigenvalue weighted by Gasteiger charge is -2.11. The van der Waals surface area contributed by atoms with E-state index in [2.05, 4.69) is 12.1 Å². The number of aliphatic carboxylic acids is 1. The van der Waals surface area contributed by atoms with Gasteiger partial charge in [-0.15, -0.1) is 0 Å². The van der Waals surface area contributed by atoms with Crippen LogP contribution in [0.3, 0.4) is 0 Å². The average molecular weight is 362 g/mol. The molecule has 0 aromatic heterocycles. The molecule has 3 rings (SSSR count). The van der Waals surface area contributed by atoms with Crippen molar-refractivity contribution >= 4 is 5.97 Å². The lowest BCUT2D eigenvalue weighted by atomic mass is 10.00. The van der Waals surface area contributed by atoms with Crippen LogP contribution in [0.4, 0.5) is 0 Å². The van der Waals surface area contributed by atoms with Crippen LogP contribution in [0.2, 0.25) is 0 Å². The molecule has 1 N–H and O–H groups in total. The number of hydrogen-bond acceptors (Lipinski definition) is 3. The highest BCUT2D eigenvalue weighted by Crippen LogP contribution is 2.26. The second kappa shape index (κ2) is 9.01. The minimum atomic E-state index is -0.836. The van der Waals surface area contributed by atoms with Gasteiger partial charge in [0.05, 0.1) is 13.0 Å². The van der Waals surface area contributed by atoms with Crippen molar-refractivity contribution in [3.8, 4) is 16.9 Å². The molecule has 138 valence electrons. The van der Waals surface area contributed by atoms with Crippen LogP contribution in [0.25, 0.3) is 11.1 Å². The molecule has 0 heterocycles. The topological polar surface area (TPSA) is 55.8 Å². The molecule has 0 aliphatic rings. The van der Waals surface area contributed by atoms with E-state index in [1.165, 1.54) is 0 Å². The Labute approximate surface area is 159 Å². The second-order valence-corrected chi connectivity index (χ2v) is 6.29. The zero-order chi connectivity index (χ0) is 19.1. The number of carboxylic acid groups (broad SMARTS) is 1. The smallest absolute Gasteiger partial charge is 0.307 e. The summed E-state index contributed by atoms with van der Waals surface area (Å²) in [5, 5.41) is 8.90. The number of methoxy groups -OCH3 is 1. The third-order valence-electron chi connectivity index (χ3n) is 4.23. The SMILES string of the molecule is COCc1ccccc1-c1ccc(OCc2cccc(CC(=O)O)c2)cc1. The van der Waals surface area contributed by atoms with Crippen molar-refractivity contribution in [3.05, 3.63) is 89.5 Å². The van der Waals surface area contributed by atoms with Gasteiger partial charge in [-0.3, -0.25) is 4.79 Å². The Bertz CT molecular complexity index is 900. The van der Waals surface area contributed by atoms with Crippen LogP contribution in [-0.2, 0) is 29.2 Å². The minimum Gasteiger partial charge on any atom is -0.489 e. The van der Waals surface area contributed by atoms with Crippen LogP contribution < -0.4 is 4.74 Å². The van der Waals surface area contributed by atoms with Crippen LogP contribution in [0.5, 0.6) is 5.75 Å². The van der Waals surface area contributed by atoms with E-state index in [4.69, 9.17) is 14.6 Å². The van der Waals surface area contributed by atoms with E-state index in [0.717, 1.165) is 33.6 Å². The van der Waals surface area contributed by atoms with E-state index >= 15 is 0 Å². The summed E-state index contributed by atoms with van der Waals surface area (Å²) in [5.74, 6) is -0.0657. The second-order valence-electron chi connectivity index (χ2n) is 6.29. The van der Waals surface area contributed by atoms with Gasteiger partial charge >= 0.3 is 5.97 Å². The van der Waals surface area contributed by atoms with Crippen molar-refractivity contribution in [3.63, 3.8) is 0 Å². The van der Waals surface area contributed by atoms with Gasteiger partial charge < -0.3 is 14.6 Å². The molecule has 27 heavy (non-hydrogen) atoms. The molecule has 0 bridgehead atoms. The highest BCUT2D eigenvalue weighted by atomic mass is 16.5. The molecule has 0 fully saturated rings. The molecule has 0 aliphatic heterocycles. The highest BCUT2D eigenvalue weighted by molar-refractivity contribution is 5.70. The van der Waals surface area contributed by atoms with Crippen molar-refractivity contribution < 1.29 is 19.4 Å². The third kappa shape index (κ3) is 5.19. The Morgan fingerprint density at radius 2 is 1.63 bits per heavy atom. The maximum Gasteiger partial charge on any atom is 0.307 e. The third-order valence-corrected chi connectivity index (χ3v) is 4.23. The van der Waals surface area contributed by atoms with Crippen molar-refractivity contribution in [2.24, 2.45) is 0 Å². The van der Waals surface area contributed by atoms with Crippen molar-refractivity contribution in [2.45, 2.75) is 19.6 Å². The van der Waals surface area contributed by atoms with E-state index < -0.39 is 5.97 Å². The lowest BCUT2D eigenvalue weighted by molar-refractivity contribution is -0.136. The number of carbonyl (C=O) groups is 1. The van der Waals surface area contributed by atoms with E-state index in [-0.39, 0.29) is 6.42 Å². The molecule has 0 aliphatic carbocycles. The van der Waals surface area contributed by atoms with Crippen molar-refractivity contribution in [1.82, 2.24) is 0 Å². The van der Waals surface area contributed by atoms with Gasteiger partial charge in [-0.05, 0) is 39.9 Å². The Balaban J connectivity index is 1.67.